The van der Waals surface area contributed by atoms with Crippen molar-refractivity contribution in [3.8, 4) is 0 Å². The smallest absolute Gasteiger partial charge is 0.155 e. The molecule has 3 atom stereocenters. The summed E-state index contributed by atoms with van der Waals surface area (Å²) in [5, 5.41) is 9.16. The van der Waals surface area contributed by atoms with Gasteiger partial charge in [0.1, 0.15) is 12.2 Å². The molecule has 1 fully saturated rings. The van der Waals surface area contributed by atoms with E-state index in [9.17, 15) is 0 Å². The Morgan fingerprint density at radius 2 is 2.40 bits per heavy atom. The van der Waals surface area contributed by atoms with E-state index in [1.807, 2.05) is 0 Å². The van der Waals surface area contributed by atoms with Gasteiger partial charge in [0.15, 0.2) is 6.29 Å². The van der Waals surface area contributed by atoms with E-state index in [2.05, 4.69) is 0 Å². The van der Waals surface area contributed by atoms with Crippen LogP contribution in [0.3, 0.4) is 0 Å². The average Bonchev–Trinajstić information content (AvgIpc) is 1.94. The van der Waals surface area contributed by atoms with Gasteiger partial charge in [-0.3, -0.25) is 0 Å². The highest BCUT2D eigenvalue weighted by Gasteiger charge is 2.26. The minimum atomic E-state index is -0.568. The summed E-state index contributed by atoms with van der Waals surface area (Å²) in [6, 6.07) is 0. The minimum absolute atomic E-state index is 0.239. The minimum Gasteiger partial charge on any atom is -0.388 e. The second-order valence-electron chi connectivity index (χ2n) is 2.38. The lowest BCUT2D eigenvalue weighted by Crippen LogP contribution is -2.46. The maximum absolute atomic E-state index is 9.16. The maximum atomic E-state index is 9.16. The maximum Gasteiger partial charge on any atom is 0.155 e. The predicted molar refractivity (Wildman–Crippen MR) is 35.3 cm³/mol. The van der Waals surface area contributed by atoms with Gasteiger partial charge in [-0.2, -0.15) is 0 Å². The Bertz CT molecular complexity index is 109. The van der Waals surface area contributed by atoms with Gasteiger partial charge in [-0.25, -0.2) is 0 Å². The molecule has 0 bridgehead atoms. The van der Waals surface area contributed by atoms with Crippen LogP contribution in [0.15, 0.2) is 0 Å². The summed E-state index contributed by atoms with van der Waals surface area (Å²) in [6.07, 6.45) is -1.07. The summed E-state index contributed by atoms with van der Waals surface area (Å²) in [5.41, 5.74) is 5.32. The second-order valence-corrected chi connectivity index (χ2v) is 2.38. The summed E-state index contributed by atoms with van der Waals surface area (Å²) in [7, 11) is 0. The quantitative estimate of drug-likeness (QED) is 0.503. The fourth-order valence-electron chi connectivity index (χ4n) is 0.930. The molecule has 1 heterocycles. The van der Waals surface area contributed by atoms with Crippen LogP contribution in [0.4, 0.5) is 0 Å². The van der Waals surface area contributed by atoms with Crippen LogP contribution in [0.2, 0.25) is 0 Å². The van der Waals surface area contributed by atoms with Gasteiger partial charge < -0.3 is 20.3 Å². The summed E-state index contributed by atoms with van der Waals surface area (Å²) in [6.45, 7) is 2.45. The Balaban J connectivity index is 2.38. The molecule has 1 aliphatic heterocycles. The zero-order valence-electron chi connectivity index (χ0n) is 5.99. The molecule has 1 saturated heterocycles. The summed E-state index contributed by atoms with van der Waals surface area (Å²) in [5.74, 6) is 0. The van der Waals surface area contributed by atoms with Crippen LogP contribution in [0.1, 0.15) is 6.92 Å². The summed E-state index contributed by atoms with van der Waals surface area (Å²) >= 11 is 0. The monoisotopic (exact) mass is 147 g/mol. The lowest BCUT2D eigenvalue weighted by molar-refractivity contribution is -0.240. The van der Waals surface area contributed by atoms with Crippen molar-refractivity contribution in [1.82, 2.24) is 0 Å². The third-order valence-electron chi connectivity index (χ3n) is 1.53. The molecule has 4 nitrogen and oxygen atoms in total. The van der Waals surface area contributed by atoms with Crippen molar-refractivity contribution >= 4 is 0 Å². The normalized spacial score (nSPS) is 41.7. The Morgan fingerprint density at radius 1 is 1.70 bits per heavy atom. The molecule has 0 aliphatic carbocycles. The van der Waals surface area contributed by atoms with Gasteiger partial charge in [0, 0.05) is 6.54 Å². The molecule has 1 rings (SSSR count). The van der Waals surface area contributed by atoms with E-state index >= 15 is 0 Å². The largest absolute Gasteiger partial charge is 0.388 e. The highest BCUT2D eigenvalue weighted by molar-refractivity contribution is 4.72. The molecule has 0 radical (unpaired) electrons. The van der Waals surface area contributed by atoms with E-state index in [1.165, 1.54) is 0 Å². The first-order valence-electron chi connectivity index (χ1n) is 3.39. The average molecular weight is 147 g/mol. The van der Waals surface area contributed by atoms with E-state index in [0.29, 0.717) is 13.2 Å². The van der Waals surface area contributed by atoms with Crippen molar-refractivity contribution in [2.75, 3.05) is 13.2 Å². The van der Waals surface area contributed by atoms with Crippen molar-refractivity contribution in [2.24, 2.45) is 5.73 Å². The number of nitrogens with two attached hydrogens (primary N) is 1. The van der Waals surface area contributed by atoms with Crippen LogP contribution >= 0.6 is 0 Å². The molecule has 1 unspecified atom stereocenters. The number of hydrogen-bond acceptors (Lipinski definition) is 4. The van der Waals surface area contributed by atoms with Crippen molar-refractivity contribution < 1.29 is 14.6 Å². The summed E-state index contributed by atoms with van der Waals surface area (Å²) in [4.78, 5) is 0. The van der Waals surface area contributed by atoms with E-state index in [4.69, 9.17) is 20.3 Å². The third kappa shape index (κ3) is 1.67. The molecular formula is C6H13NO3. The zero-order chi connectivity index (χ0) is 7.56. The lowest BCUT2D eigenvalue weighted by atomic mass is 10.2. The lowest BCUT2D eigenvalue weighted by Gasteiger charge is -2.31. The molecule has 0 saturated carbocycles. The van der Waals surface area contributed by atoms with Gasteiger partial charge in [0.05, 0.1) is 6.61 Å². The molecule has 1 aliphatic rings. The third-order valence-corrected chi connectivity index (χ3v) is 1.53. The highest BCUT2D eigenvalue weighted by Crippen LogP contribution is 2.10. The molecule has 10 heavy (non-hydrogen) atoms. The predicted octanol–water partition coefficient (Wildman–Crippen LogP) is -0.933. The first kappa shape index (κ1) is 7.94. The molecule has 0 aromatic heterocycles. The van der Waals surface area contributed by atoms with Crippen LogP contribution in [-0.2, 0) is 9.47 Å². The standard InChI is InChI=1S/C6H13NO3/c1-4-9-3-5(8)6(2-7)10-4/h4-6,8H,2-3,7H2,1H3/t4?,5-,6+/m1/s1. The van der Waals surface area contributed by atoms with Crippen molar-refractivity contribution in [1.29, 1.82) is 0 Å². The number of aliphatic hydroxyl groups is 1. The molecule has 0 amide bonds. The van der Waals surface area contributed by atoms with Crippen molar-refractivity contribution in [3.63, 3.8) is 0 Å². The van der Waals surface area contributed by atoms with Crippen LogP contribution in [-0.4, -0.2) is 36.8 Å². The molecule has 60 valence electrons. The van der Waals surface area contributed by atoms with Crippen molar-refractivity contribution in [2.45, 2.75) is 25.4 Å². The molecular weight excluding hydrogens is 134 g/mol. The first-order chi connectivity index (χ1) is 4.74. The number of rotatable bonds is 1. The highest BCUT2D eigenvalue weighted by atomic mass is 16.7. The Hall–Kier alpha value is -0.160. The zero-order valence-corrected chi connectivity index (χ0v) is 5.99. The second kappa shape index (κ2) is 3.30. The number of aliphatic hydroxyl groups excluding tert-OH is 1. The van der Waals surface area contributed by atoms with Gasteiger partial charge in [-0.1, -0.05) is 0 Å². The molecule has 0 aromatic carbocycles. The van der Waals surface area contributed by atoms with Gasteiger partial charge in [0.2, 0.25) is 0 Å². The van der Waals surface area contributed by atoms with Crippen LogP contribution < -0.4 is 5.73 Å². The van der Waals surface area contributed by atoms with E-state index in [1.54, 1.807) is 6.92 Å². The Morgan fingerprint density at radius 3 is 2.90 bits per heavy atom. The fraction of sp³-hybridized carbons (Fsp3) is 1.00. The van der Waals surface area contributed by atoms with Gasteiger partial charge >= 0.3 is 0 Å². The topological polar surface area (TPSA) is 64.7 Å². The van der Waals surface area contributed by atoms with Gasteiger partial charge in [-0.15, -0.1) is 0 Å². The molecule has 0 aromatic rings. The fourth-order valence-corrected chi connectivity index (χ4v) is 0.930. The van der Waals surface area contributed by atoms with Gasteiger partial charge in [-0.05, 0) is 6.92 Å². The Labute approximate surface area is 59.9 Å². The number of ether oxygens (including phenoxy) is 2. The van der Waals surface area contributed by atoms with E-state index < -0.39 is 6.10 Å². The van der Waals surface area contributed by atoms with Gasteiger partial charge in [0.25, 0.3) is 0 Å². The van der Waals surface area contributed by atoms with E-state index in [0.717, 1.165) is 0 Å². The summed E-state index contributed by atoms with van der Waals surface area (Å²) < 4.78 is 10.1. The SMILES string of the molecule is CC1OC[C@@H](O)[C@H](CN)O1. The number of hydrogen-bond donors (Lipinski definition) is 2. The van der Waals surface area contributed by atoms with Crippen LogP contribution in [0.5, 0.6) is 0 Å². The van der Waals surface area contributed by atoms with Crippen LogP contribution in [0.25, 0.3) is 0 Å². The molecule has 4 heteroatoms. The Kier molecular flexibility index (Phi) is 2.62. The molecule has 3 N–H and O–H groups in total. The molecule has 0 spiro atoms. The first-order valence-corrected chi connectivity index (χ1v) is 3.39. The van der Waals surface area contributed by atoms with Crippen molar-refractivity contribution in [3.05, 3.63) is 0 Å². The van der Waals surface area contributed by atoms with E-state index in [-0.39, 0.29) is 12.4 Å². The van der Waals surface area contributed by atoms with Crippen LogP contribution in [0, 0.1) is 0 Å².